The molecule has 2 N–H and O–H groups in total. The number of aromatic amines is 1. The van der Waals surface area contributed by atoms with Crippen molar-refractivity contribution in [1.29, 1.82) is 0 Å². The van der Waals surface area contributed by atoms with E-state index in [-0.39, 0.29) is 17.2 Å². The van der Waals surface area contributed by atoms with E-state index in [1.165, 1.54) is 18.2 Å². The van der Waals surface area contributed by atoms with E-state index < -0.39 is 23.6 Å². The Morgan fingerprint density at radius 3 is 2.66 bits per heavy atom. The molecule has 2 unspecified atom stereocenters. The monoisotopic (exact) mass is 436 g/mol. The molecule has 2 heterocycles. The Kier molecular flexibility index (Phi) is 6.24. The van der Waals surface area contributed by atoms with Crippen molar-refractivity contribution < 1.29 is 18.7 Å². The molecule has 166 valence electrons. The minimum Gasteiger partial charge on any atom is -0.478 e. The normalized spacial score (nSPS) is 18.8. The molecule has 4 rings (SSSR count). The van der Waals surface area contributed by atoms with Gasteiger partial charge >= 0.3 is 5.97 Å². The van der Waals surface area contributed by atoms with E-state index in [0.29, 0.717) is 13.0 Å². The molecule has 0 radical (unpaired) electrons. The number of benzene rings is 2. The second-order valence-corrected chi connectivity index (χ2v) is 8.12. The number of hydrogen-bond donors (Lipinski definition) is 2. The number of nitrogens with zero attached hydrogens (tertiary/aromatic N) is 1. The van der Waals surface area contributed by atoms with Crippen LogP contribution in [0, 0.1) is 11.6 Å². The van der Waals surface area contributed by atoms with Gasteiger partial charge in [-0.25, -0.2) is 13.6 Å². The Bertz CT molecular complexity index is 1170. The third-order valence-corrected chi connectivity index (χ3v) is 6.22. The molecule has 1 aliphatic rings. The smallest absolute Gasteiger partial charge is 0.328 e. The Balaban J connectivity index is 1.91. The number of hydrogen-bond acceptors (Lipinski definition) is 2. The third-order valence-electron chi connectivity index (χ3n) is 6.22. The number of fused-ring (bicyclic) bond motifs is 3. The molecule has 0 fully saturated rings. The molecule has 4 nitrogen and oxygen atoms in total. The minimum absolute atomic E-state index is 0.0208. The van der Waals surface area contributed by atoms with E-state index in [1.807, 2.05) is 30.3 Å². The highest BCUT2D eigenvalue weighted by atomic mass is 19.1. The van der Waals surface area contributed by atoms with Crippen molar-refractivity contribution in [3.8, 4) is 0 Å². The standard InChI is InChI=1S/C26H26F2N2O2/c1-3-5-12-30-17(4-2)15-19-18-8-6-7-9-22(18)29-25(19)26(30)24-20(27)13-16(14-21(24)28)10-11-23(31)32/h3,6-11,13-14,17,26,29H,1,4-5,12,15H2,2H3,(H,31,32)/b11-10+. The van der Waals surface area contributed by atoms with Crippen LogP contribution < -0.4 is 0 Å². The molecule has 1 aromatic heterocycles. The van der Waals surface area contributed by atoms with E-state index in [0.717, 1.165) is 41.1 Å². The maximum Gasteiger partial charge on any atom is 0.328 e. The highest BCUT2D eigenvalue weighted by molar-refractivity contribution is 5.86. The first-order valence-corrected chi connectivity index (χ1v) is 10.8. The summed E-state index contributed by atoms with van der Waals surface area (Å²) < 4.78 is 30.8. The first kappa shape index (κ1) is 22.0. The van der Waals surface area contributed by atoms with Gasteiger partial charge in [-0.1, -0.05) is 31.2 Å². The van der Waals surface area contributed by atoms with Crippen LogP contribution in [0.15, 0.2) is 55.1 Å². The maximum atomic E-state index is 15.4. The molecule has 0 amide bonds. The quantitative estimate of drug-likeness (QED) is 0.361. The summed E-state index contributed by atoms with van der Waals surface area (Å²) in [5.41, 5.74) is 3.01. The van der Waals surface area contributed by atoms with Crippen LogP contribution in [0.5, 0.6) is 0 Å². The number of rotatable bonds is 7. The number of para-hydroxylation sites is 1. The van der Waals surface area contributed by atoms with Crippen LogP contribution in [0.1, 0.15) is 48.2 Å². The van der Waals surface area contributed by atoms with E-state index in [2.05, 4.69) is 23.4 Å². The first-order valence-electron chi connectivity index (χ1n) is 10.8. The molecule has 0 spiro atoms. The molecule has 0 saturated heterocycles. The predicted octanol–water partition coefficient (Wildman–Crippen LogP) is 5.85. The third kappa shape index (κ3) is 3.98. The number of carboxylic acids is 1. The maximum absolute atomic E-state index is 15.4. The van der Waals surface area contributed by atoms with Gasteiger partial charge in [0.25, 0.3) is 0 Å². The highest BCUT2D eigenvalue weighted by Crippen LogP contribution is 2.43. The summed E-state index contributed by atoms with van der Waals surface area (Å²) in [4.78, 5) is 16.4. The van der Waals surface area contributed by atoms with Crippen LogP contribution in [-0.2, 0) is 11.2 Å². The molecule has 32 heavy (non-hydrogen) atoms. The van der Waals surface area contributed by atoms with E-state index in [9.17, 15) is 4.79 Å². The highest BCUT2D eigenvalue weighted by Gasteiger charge is 2.39. The van der Waals surface area contributed by atoms with Crippen molar-refractivity contribution >= 4 is 22.9 Å². The predicted molar refractivity (Wildman–Crippen MR) is 122 cm³/mol. The second-order valence-electron chi connectivity index (χ2n) is 8.12. The van der Waals surface area contributed by atoms with Crippen LogP contribution in [0.2, 0.25) is 0 Å². The van der Waals surface area contributed by atoms with E-state index in [1.54, 1.807) is 0 Å². The van der Waals surface area contributed by atoms with Gasteiger partial charge in [0.05, 0.1) is 6.04 Å². The second kappa shape index (κ2) is 9.09. The van der Waals surface area contributed by atoms with Crippen LogP contribution >= 0.6 is 0 Å². The lowest BCUT2D eigenvalue weighted by atomic mass is 9.86. The summed E-state index contributed by atoms with van der Waals surface area (Å²) in [6.07, 6.45) is 6.22. The van der Waals surface area contributed by atoms with Crippen LogP contribution in [0.4, 0.5) is 8.78 Å². The van der Waals surface area contributed by atoms with Crippen molar-refractivity contribution in [3.63, 3.8) is 0 Å². The Hall–Kier alpha value is -3.25. The Morgan fingerprint density at radius 1 is 1.28 bits per heavy atom. The largest absolute Gasteiger partial charge is 0.478 e. The van der Waals surface area contributed by atoms with Crippen molar-refractivity contribution in [2.75, 3.05) is 6.54 Å². The molecule has 0 aliphatic carbocycles. The van der Waals surface area contributed by atoms with Crippen LogP contribution in [0.3, 0.4) is 0 Å². The van der Waals surface area contributed by atoms with Crippen molar-refractivity contribution in [1.82, 2.24) is 9.88 Å². The molecular weight excluding hydrogens is 410 g/mol. The topological polar surface area (TPSA) is 56.3 Å². The van der Waals surface area contributed by atoms with Gasteiger partial charge in [-0.05, 0) is 54.7 Å². The zero-order valence-corrected chi connectivity index (χ0v) is 17.9. The van der Waals surface area contributed by atoms with Gasteiger partial charge in [0.2, 0.25) is 0 Å². The first-order chi connectivity index (χ1) is 15.4. The molecule has 0 saturated carbocycles. The lowest BCUT2D eigenvalue weighted by Gasteiger charge is -2.42. The average Bonchev–Trinajstić information content (AvgIpc) is 3.14. The molecule has 2 aromatic carbocycles. The fraction of sp³-hybridized carbons (Fsp3) is 0.269. The number of carbonyl (C=O) groups is 1. The fourth-order valence-corrected chi connectivity index (χ4v) is 4.77. The van der Waals surface area contributed by atoms with Gasteiger partial charge in [0.1, 0.15) is 11.6 Å². The number of carboxylic acid groups (broad SMARTS) is 1. The van der Waals surface area contributed by atoms with Gasteiger partial charge < -0.3 is 10.1 Å². The van der Waals surface area contributed by atoms with Gasteiger partial charge in [-0.15, -0.1) is 6.58 Å². The summed E-state index contributed by atoms with van der Waals surface area (Å²) >= 11 is 0. The van der Waals surface area contributed by atoms with E-state index in [4.69, 9.17) is 5.11 Å². The van der Waals surface area contributed by atoms with Gasteiger partial charge in [-0.3, -0.25) is 4.90 Å². The molecule has 1 aliphatic heterocycles. The summed E-state index contributed by atoms with van der Waals surface area (Å²) in [7, 11) is 0. The molecule has 2 atom stereocenters. The van der Waals surface area contributed by atoms with Crippen LogP contribution in [0.25, 0.3) is 17.0 Å². The Morgan fingerprint density at radius 2 is 2.00 bits per heavy atom. The lowest BCUT2D eigenvalue weighted by Crippen LogP contribution is -2.45. The lowest BCUT2D eigenvalue weighted by molar-refractivity contribution is -0.131. The summed E-state index contributed by atoms with van der Waals surface area (Å²) in [5, 5.41) is 9.91. The van der Waals surface area contributed by atoms with Gasteiger partial charge in [0, 0.05) is 40.8 Å². The van der Waals surface area contributed by atoms with Crippen molar-refractivity contribution in [2.24, 2.45) is 0 Å². The van der Waals surface area contributed by atoms with E-state index >= 15 is 8.78 Å². The van der Waals surface area contributed by atoms with Crippen molar-refractivity contribution in [2.45, 2.75) is 38.3 Å². The zero-order valence-electron chi connectivity index (χ0n) is 17.9. The van der Waals surface area contributed by atoms with Crippen molar-refractivity contribution in [3.05, 3.63) is 89.1 Å². The number of aliphatic carboxylic acids is 1. The van der Waals surface area contributed by atoms with Crippen LogP contribution in [-0.4, -0.2) is 33.5 Å². The number of nitrogens with one attached hydrogen (secondary N) is 1. The van der Waals surface area contributed by atoms with Gasteiger partial charge in [-0.2, -0.15) is 0 Å². The number of H-pyrrole nitrogens is 1. The SMILES string of the molecule is C=CCCN1C(CC)Cc2c([nH]c3ccccc23)C1c1c(F)cc(/C=C/C(=O)O)cc1F. The zero-order chi connectivity index (χ0) is 22.8. The summed E-state index contributed by atoms with van der Waals surface area (Å²) in [6.45, 7) is 6.53. The fourth-order valence-electron chi connectivity index (χ4n) is 4.77. The Labute approximate surface area is 185 Å². The summed E-state index contributed by atoms with van der Waals surface area (Å²) in [6, 6.07) is 9.83. The number of aromatic nitrogens is 1. The van der Waals surface area contributed by atoms with Gasteiger partial charge in [0.15, 0.2) is 0 Å². The number of halogens is 2. The molecular formula is C26H26F2N2O2. The molecule has 6 heteroatoms. The minimum atomic E-state index is -1.17. The molecule has 0 bridgehead atoms. The molecule has 3 aromatic rings. The summed E-state index contributed by atoms with van der Waals surface area (Å²) in [5.74, 6) is -2.55. The average molecular weight is 437 g/mol.